The highest BCUT2D eigenvalue weighted by molar-refractivity contribution is 5.94. The lowest BCUT2D eigenvalue weighted by Gasteiger charge is -2.14. The number of H-pyrrole nitrogens is 1. The first kappa shape index (κ1) is 11.4. The molecule has 17 heavy (non-hydrogen) atoms. The van der Waals surface area contributed by atoms with Crippen LogP contribution in [0.15, 0.2) is 23.1 Å². The molecule has 0 bridgehead atoms. The number of nitrogens with one attached hydrogen (secondary N) is 1. The number of carbonyl (C=O) groups is 2. The molecule has 2 N–H and O–H groups in total. The highest BCUT2D eigenvalue weighted by atomic mass is 16.4. The highest BCUT2D eigenvalue weighted by Gasteiger charge is 2.31. The van der Waals surface area contributed by atoms with Gasteiger partial charge in [0.1, 0.15) is 5.56 Å². The lowest BCUT2D eigenvalue weighted by molar-refractivity contribution is -0.141. The maximum atomic E-state index is 11.9. The van der Waals surface area contributed by atoms with Crippen LogP contribution in [0.1, 0.15) is 16.8 Å². The fourth-order valence-electron chi connectivity index (χ4n) is 1.91. The van der Waals surface area contributed by atoms with Gasteiger partial charge in [0.15, 0.2) is 0 Å². The number of carboxylic acid groups (broad SMARTS) is 1. The standard InChI is InChI=1S/C11H12N2O4/c14-9-8(2-1-4-12-9)10(15)13-5-3-7(6-13)11(16)17/h1-2,4,7H,3,5-6H2,(H,12,14)(H,16,17)/t7-/m1/s1. The Labute approximate surface area is 96.9 Å². The fraction of sp³-hybridized carbons (Fsp3) is 0.364. The first-order chi connectivity index (χ1) is 8.09. The SMILES string of the molecule is O=C(O)[C@@H]1CCN(C(=O)c2ccc[nH]c2=O)C1. The van der Waals surface area contributed by atoms with Gasteiger partial charge in [0.05, 0.1) is 5.92 Å². The Balaban J connectivity index is 2.15. The molecule has 2 heterocycles. The number of aromatic amines is 1. The summed E-state index contributed by atoms with van der Waals surface area (Å²) in [6.07, 6.45) is 1.88. The summed E-state index contributed by atoms with van der Waals surface area (Å²) in [6.45, 7) is 0.548. The normalized spacial score (nSPS) is 19.3. The minimum atomic E-state index is -0.901. The predicted octanol–water partition coefficient (Wildman–Crippen LogP) is -0.0784. The van der Waals surface area contributed by atoms with Crippen LogP contribution in [-0.2, 0) is 4.79 Å². The Morgan fingerprint density at radius 2 is 2.24 bits per heavy atom. The van der Waals surface area contributed by atoms with Crippen LogP contribution < -0.4 is 5.56 Å². The average Bonchev–Trinajstić information content (AvgIpc) is 2.78. The summed E-state index contributed by atoms with van der Waals surface area (Å²) >= 11 is 0. The number of rotatable bonds is 2. The highest BCUT2D eigenvalue weighted by Crippen LogP contribution is 2.17. The van der Waals surface area contributed by atoms with Crippen LogP contribution in [0.5, 0.6) is 0 Å². The molecule has 1 aromatic rings. The second-order valence-electron chi connectivity index (χ2n) is 3.99. The van der Waals surface area contributed by atoms with Crippen molar-refractivity contribution >= 4 is 11.9 Å². The molecule has 1 amide bonds. The first-order valence-electron chi connectivity index (χ1n) is 5.29. The van der Waals surface area contributed by atoms with E-state index >= 15 is 0 Å². The van der Waals surface area contributed by atoms with Crippen molar-refractivity contribution in [2.75, 3.05) is 13.1 Å². The number of carboxylic acids is 1. The Hall–Kier alpha value is -2.11. The zero-order chi connectivity index (χ0) is 12.4. The van der Waals surface area contributed by atoms with Crippen LogP contribution in [0, 0.1) is 5.92 Å². The molecule has 0 radical (unpaired) electrons. The Morgan fingerprint density at radius 1 is 1.47 bits per heavy atom. The van der Waals surface area contributed by atoms with E-state index in [4.69, 9.17) is 5.11 Å². The summed E-state index contributed by atoms with van der Waals surface area (Å²) < 4.78 is 0. The summed E-state index contributed by atoms with van der Waals surface area (Å²) in [7, 11) is 0. The van der Waals surface area contributed by atoms with Crippen LogP contribution >= 0.6 is 0 Å². The smallest absolute Gasteiger partial charge is 0.308 e. The zero-order valence-corrected chi connectivity index (χ0v) is 9.05. The van der Waals surface area contributed by atoms with Crippen molar-refractivity contribution < 1.29 is 14.7 Å². The van der Waals surface area contributed by atoms with Gasteiger partial charge in [-0.1, -0.05) is 0 Å². The first-order valence-corrected chi connectivity index (χ1v) is 5.29. The van der Waals surface area contributed by atoms with Crippen molar-refractivity contribution in [3.05, 3.63) is 34.2 Å². The quantitative estimate of drug-likeness (QED) is 0.751. The minimum Gasteiger partial charge on any atom is -0.481 e. The van der Waals surface area contributed by atoms with E-state index in [1.165, 1.54) is 17.2 Å². The molecule has 1 aliphatic rings. The van der Waals surface area contributed by atoms with E-state index in [1.807, 2.05) is 0 Å². The Kier molecular flexibility index (Phi) is 2.95. The van der Waals surface area contributed by atoms with E-state index < -0.39 is 23.4 Å². The molecule has 1 aliphatic heterocycles. The van der Waals surface area contributed by atoms with Gasteiger partial charge in [-0.2, -0.15) is 0 Å². The van der Waals surface area contributed by atoms with Crippen molar-refractivity contribution in [3.8, 4) is 0 Å². The average molecular weight is 236 g/mol. The van der Waals surface area contributed by atoms with Crippen LogP contribution in [0.25, 0.3) is 0 Å². The number of hydrogen-bond donors (Lipinski definition) is 2. The largest absolute Gasteiger partial charge is 0.481 e. The van der Waals surface area contributed by atoms with Crippen molar-refractivity contribution in [1.82, 2.24) is 9.88 Å². The Morgan fingerprint density at radius 3 is 2.82 bits per heavy atom. The van der Waals surface area contributed by atoms with E-state index in [9.17, 15) is 14.4 Å². The predicted molar refractivity (Wildman–Crippen MR) is 58.7 cm³/mol. The third-order valence-electron chi connectivity index (χ3n) is 2.87. The number of hydrogen-bond acceptors (Lipinski definition) is 3. The second-order valence-corrected chi connectivity index (χ2v) is 3.99. The molecule has 1 saturated heterocycles. The van der Waals surface area contributed by atoms with Gasteiger partial charge in [0, 0.05) is 19.3 Å². The monoisotopic (exact) mass is 236 g/mol. The summed E-state index contributed by atoms with van der Waals surface area (Å²) in [5.74, 6) is -1.83. The molecular weight excluding hydrogens is 224 g/mol. The molecule has 1 atom stereocenters. The van der Waals surface area contributed by atoms with E-state index in [1.54, 1.807) is 6.07 Å². The van der Waals surface area contributed by atoms with Crippen molar-refractivity contribution in [3.63, 3.8) is 0 Å². The van der Waals surface area contributed by atoms with Crippen molar-refractivity contribution in [2.45, 2.75) is 6.42 Å². The third-order valence-corrected chi connectivity index (χ3v) is 2.87. The molecular formula is C11H12N2O4. The number of pyridine rings is 1. The topological polar surface area (TPSA) is 90.5 Å². The fourth-order valence-corrected chi connectivity index (χ4v) is 1.91. The second kappa shape index (κ2) is 4.40. The number of nitrogens with zero attached hydrogens (tertiary/aromatic N) is 1. The molecule has 0 spiro atoms. The van der Waals surface area contributed by atoms with Gasteiger partial charge >= 0.3 is 5.97 Å². The van der Waals surface area contributed by atoms with Crippen molar-refractivity contribution in [2.24, 2.45) is 5.92 Å². The summed E-state index contributed by atoms with van der Waals surface area (Å²) in [6, 6.07) is 3.01. The van der Waals surface area contributed by atoms with Gasteiger partial charge in [-0.05, 0) is 18.6 Å². The number of aliphatic carboxylic acids is 1. The maximum Gasteiger partial charge on any atom is 0.308 e. The molecule has 1 fully saturated rings. The molecule has 6 nitrogen and oxygen atoms in total. The van der Waals surface area contributed by atoms with Gasteiger partial charge in [-0.3, -0.25) is 14.4 Å². The van der Waals surface area contributed by atoms with Crippen LogP contribution in [0.3, 0.4) is 0 Å². The van der Waals surface area contributed by atoms with Crippen LogP contribution in [0.2, 0.25) is 0 Å². The lowest BCUT2D eigenvalue weighted by Crippen LogP contribution is -2.33. The minimum absolute atomic E-state index is 0.0542. The van der Waals surface area contributed by atoms with Crippen LogP contribution in [-0.4, -0.2) is 40.0 Å². The summed E-state index contributed by atoms with van der Waals surface area (Å²) in [5.41, 5.74) is -0.394. The summed E-state index contributed by atoms with van der Waals surface area (Å²) in [5, 5.41) is 8.83. The number of carbonyl (C=O) groups excluding carboxylic acids is 1. The molecule has 0 unspecified atom stereocenters. The van der Waals surface area contributed by atoms with Gasteiger partial charge in [0.2, 0.25) is 0 Å². The molecule has 90 valence electrons. The zero-order valence-electron chi connectivity index (χ0n) is 9.05. The number of likely N-dealkylation sites (tertiary alicyclic amines) is 1. The van der Waals surface area contributed by atoms with E-state index in [0.717, 1.165) is 0 Å². The molecule has 6 heteroatoms. The molecule has 0 saturated carbocycles. The van der Waals surface area contributed by atoms with Gasteiger partial charge in [-0.15, -0.1) is 0 Å². The maximum absolute atomic E-state index is 11.9. The Bertz CT molecular complexity index is 508. The molecule has 1 aromatic heterocycles. The lowest BCUT2D eigenvalue weighted by atomic mass is 10.1. The van der Waals surface area contributed by atoms with Gasteiger partial charge in [-0.25, -0.2) is 0 Å². The van der Waals surface area contributed by atoms with Crippen LogP contribution in [0.4, 0.5) is 0 Å². The number of aromatic nitrogens is 1. The van der Waals surface area contributed by atoms with E-state index in [0.29, 0.717) is 13.0 Å². The van der Waals surface area contributed by atoms with Crippen molar-refractivity contribution in [1.29, 1.82) is 0 Å². The molecule has 2 rings (SSSR count). The van der Waals surface area contributed by atoms with Gasteiger partial charge in [0.25, 0.3) is 11.5 Å². The summed E-state index contributed by atoms with van der Waals surface area (Å²) in [4.78, 5) is 38.0. The third kappa shape index (κ3) is 2.20. The van der Waals surface area contributed by atoms with E-state index in [2.05, 4.69) is 4.98 Å². The number of amides is 1. The molecule has 0 aliphatic carbocycles. The van der Waals surface area contributed by atoms with Gasteiger partial charge < -0.3 is 15.0 Å². The molecule has 0 aromatic carbocycles. The van der Waals surface area contributed by atoms with E-state index in [-0.39, 0.29) is 12.1 Å².